The van der Waals surface area contributed by atoms with Gasteiger partial charge in [0.25, 0.3) is 5.89 Å². The Morgan fingerprint density at radius 3 is 2.62 bits per heavy atom. The highest BCUT2D eigenvalue weighted by atomic mass is 16.5. The Labute approximate surface area is 152 Å². The van der Waals surface area contributed by atoms with Crippen LogP contribution in [0.25, 0.3) is 17.0 Å². The van der Waals surface area contributed by atoms with Crippen molar-refractivity contribution in [3.63, 3.8) is 0 Å². The number of Topliss-reactive ketones (excluding diaryl/α,β-unsaturated/α-hetero) is 1. The number of ketones is 1. The number of fused-ring (bicyclic) bond motifs is 1. The molecule has 0 unspecified atom stereocenters. The predicted molar refractivity (Wildman–Crippen MR) is 100 cm³/mol. The third kappa shape index (κ3) is 3.64. The summed E-state index contributed by atoms with van der Waals surface area (Å²) in [5.41, 5.74) is 4.84. The molecular formula is C22H20N2O2. The number of carbonyl (C=O) groups excluding carboxylic acids is 1. The lowest BCUT2D eigenvalue weighted by atomic mass is 10.00. The summed E-state index contributed by atoms with van der Waals surface area (Å²) in [6.45, 7) is 0. The zero-order valence-corrected chi connectivity index (χ0v) is 14.5. The van der Waals surface area contributed by atoms with E-state index in [0.717, 1.165) is 18.4 Å². The van der Waals surface area contributed by atoms with Gasteiger partial charge in [-0.2, -0.15) is 4.98 Å². The van der Waals surface area contributed by atoms with Gasteiger partial charge in [-0.15, -0.1) is 0 Å². The maximum Gasteiger partial charge on any atom is 0.257 e. The molecule has 1 aromatic heterocycles. The van der Waals surface area contributed by atoms with E-state index in [4.69, 9.17) is 4.52 Å². The second kappa shape index (κ2) is 7.48. The number of carbonyl (C=O) groups is 1. The minimum atomic E-state index is 0.237. The molecule has 130 valence electrons. The quantitative estimate of drug-likeness (QED) is 0.625. The summed E-state index contributed by atoms with van der Waals surface area (Å²) in [4.78, 5) is 16.6. The van der Waals surface area contributed by atoms with Crippen LogP contribution < -0.4 is 0 Å². The van der Waals surface area contributed by atoms with Crippen molar-refractivity contribution in [2.45, 2.75) is 32.1 Å². The molecule has 4 rings (SSSR count). The number of aromatic nitrogens is 2. The summed E-state index contributed by atoms with van der Waals surface area (Å²) >= 11 is 0. The minimum absolute atomic E-state index is 0.237. The number of nitrogens with zero attached hydrogens (tertiary/aromatic N) is 2. The molecule has 2 aromatic carbocycles. The Bertz CT molecular complexity index is 942. The smallest absolute Gasteiger partial charge is 0.257 e. The lowest BCUT2D eigenvalue weighted by Gasteiger charge is -2.05. The zero-order chi connectivity index (χ0) is 17.8. The zero-order valence-electron chi connectivity index (χ0n) is 14.5. The van der Waals surface area contributed by atoms with Crippen molar-refractivity contribution < 1.29 is 9.32 Å². The van der Waals surface area contributed by atoms with Gasteiger partial charge in [0.1, 0.15) is 5.78 Å². The molecule has 0 N–H and O–H groups in total. The monoisotopic (exact) mass is 344 g/mol. The number of benzene rings is 2. The molecule has 1 heterocycles. The summed E-state index contributed by atoms with van der Waals surface area (Å²) in [6.07, 6.45) is 5.54. The summed E-state index contributed by atoms with van der Waals surface area (Å²) in [6, 6.07) is 18.1. The van der Waals surface area contributed by atoms with E-state index >= 15 is 0 Å². The van der Waals surface area contributed by atoms with E-state index in [1.165, 1.54) is 16.7 Å². The van der Waals surface area contributed by atoms with Crippen LogP contribution >= 0.6 is 0 Å². The van der Waals surface area contributed by atoms with Crippen molar-refractivity contribution in [2.75, 3.05) is 0 Å². The van der Waals surface area contributed by atoms with E-state index in [1.807, 2.05) is 30.3 Å². The Morgan fingerprint density at radius 2 is 1.73 bits per heavy atom. The maximum absolute atomic E-state index is 12.2. The van der Waals surface area contributed by atoms with E-state index in [-0.39, 0.29) is 5.78 Å². The van der Waals surface area contributed by atoms with Crippen LogP contribution in [-0.4, -0.2) is 15.9 Å². The molecule has 1 aliphatic rings. The van der Waals surface area contributed by atoms with E-state index < -0.39 is 0 Å². The molecule has 0 saturated carbocycles. The third-order valence-electron chi connectivity index (χ3n) is 4.72. The van der Waals surface area contributed by atoms with Crippen molar-refractivity contribution in [3.8, 4) is 11.5 Å². The Morgan fingerprint density at radius 1 is 0.962 bits per heavy atom. The van der Waals surface area contributed by atoms with Crippen LogP contribution in [0.3, 0.4) is 0 Å². The van der Waals surface area contributed by atoms with E-state index in [1.54, 1.807) is 0 Å². The lowest BCUT2D eigenvalue weighted by molar-refractivity contribution is -0.118. The molecule has 0 bridgehead atoms. The van der Waals surface area contributed by atoms with Crippen LogP contribution in [0.2, 0.25) is 0 Å². The molecular weight excluding hydrogens is 324 g/mol. The Balaban J connectivity index is 1.28. The summed E-state index contributed by atoms with van der Waals surface area (Å²) < 4.78 is 5.28. The van der Waals surface area contributed by atoms with Gasteiger partial charge in [0.15, 0.2) is 5.82 Å². The molecule has 26 heavy (non-hydrogen) atoms. The van der Waals surface area contributed by atoms with E-state index in [9.17, 15) is 4.79 Å². The van der Waals surface area contributed by atoms with Crippen molar-refractivity contribution in [3.05, 3.63) is 77.6 Å². The van der Waals surface area contributed by atoms with Crippen LogP contribution in [0.1, 0.15) is 36.2 Å². The highest BCUT2D eigenvalue weighted by Gasteiger charge is 2.15. The highest BCUT2D eigenvalue weighted by Crippen LogP contribution is 2.30. The van der Waals surface area contributed by atoms with E-state index in [2.05, 4.69) is 40.5 Å². The normalized spacial score (nSPS) is 12.7. The van der Waals surface area contributed by atoms with Crippen LogP contribution in [0.4, 0.5) is 0 Å². The first kappa shape index (κ1) is 16.5. The maximum atomic E-state index is 12.2. The number of hydrogen-bond acceptors (Lipinski definition) is 4. The summed E-state index contributed by atoms with van der Waals surface area (Å²) in [5.74, 6) is 1.32. The van der Waals surface area contributed by atoms with Gasteiger partial charge in [-0.25, -0.2) is 0 Å². The predicted octanol–water partition coefficient (Wildman–Crippen LogP) is 4.66. The fourth-order valence-electron chi connectivity index (χ4n) is 3.30. The van der Waals surface area contributed by atoms with Gasteiger partial charge in [-0.05, 0) is 41.7 Å². The molecule has 0 saturated heterocycles. The van der Waals surface area contributed by atoms with Crippen LogP contribution in [-0.2, 0) is 17.6 Å². The van der Waals surface area contributed by atoms with Gasteiger partial charge in [-0.1, -0.05) is 53.7 Å². The molecule has 0 amide bonds. The molecule has 3 aromatic rings. The van der Waals surface area contributed by atoms with Gasteiger partial charge < -0.3 is 4.52 Å². The van der Waals surface area contributed by atoms with Crippen molar-refractivity contribution in [1.29, 1.82) is 0 Å². The number of aryl methyl sites for hydroxylation is 1. The average molecular weight is 344 g/mol. The molecule has 1 aliphatic carbocycles. The van der Waals surface area contributed by atoms with Crippen molar-refractivity contribution in [1.82, 2.24) is 10.1 Å². The van der Waals surface area contributed by atoms with Gasteiger partial charge >= 0.3 is 0 Å². The number of allylic oxidation sites excluding steroid dienone is 2. The Hall–Kier alpha value is -3.01. The summed E-state index contributed by atoms with van der Waals surface area (Å²) in [7, 11) is 0. The van der Waals surface area contributed by atoms with Gasteiger partial charge in [0.2, 0.25) is 0 Å². The van der Waals surface area contributed by atoms with Crippen LogP contribution in [0.15, 0.2) is 65.2 Å². The molecule has 0 aliphatic heterocycles. The number of rotatable bonds is 7. The van der Waals surface area contributed by atoms with Crippen LogP contribution in [0.5, 0.6) is 0 Å². The Kier molecular flexibility index (Phi) is 4.73. The molecule has 4 heteroatoms. The van der Waals surface area contributed by atoms with Gasteiger partial charge in [0, 0.05) is 24.8 Å². The first-order chi connectivity index (χ1) is 12.8. The summed E-state index contributed by atoms with van der Waals surface area (Å²) in [5, 5.41) is 3.98. The largest absolute Gasteiger partial charge is 0.334 e. The fourth-order valence-corrected chi connectivity index (χ4v) is 3.30. The van der Waals surface area contributed by atoms with Gasteiger partial charge in [-0.3, -0.25) is 4.79 Å². The second-order valence-corrected chi connectivity index (χ2v) is 6.51. The molecule has 4 nitrogen and oxygen atoms in total. The first-order valence-corrected chi connectivity index (χ1v) is 8.96. The van der Waals surface area contributed by atoms with Crippen LogP contribution in [0, 0.1) is 0 Å². The first-order valence-electron chi connectivity index (χ1n) is 8.96. The van der Waals surface area contributed by atoms with Crippen molar-refractivity contribution >= 4 is 11.4 Å². The average Bonchev–Trinajstić information content (AvgIpc) is 3.33. The number of hydrogen-bond donors (Lipinski definition) is 0. The topological polar surface area (TPSA) is 56.0 Å². The fraction of sp³-hybridized carbons (Fsp3) is 0.227. The van der Waals surface area contributed by atoms with E-state index in [0.29, 0.717) is 31.0 Å². The third-order valence-corrected chi connectivity index (χ3v) is 4.72. The van der Waals surface area contributed by atoms with Gasteiger partial charge in [0.05, 0.1) is 0 Å². The second-order valence-electron chi connectivity index (χ2n) is 6.51. The molecule has 0 atom stereocenters. The lowest BCUT2D eigenvalue weighted by Crippen LogP contribution is -2.01. The highest BCUT2D eigenvalue weighted by molar-refractivity contribution is 5.82. The minimum Gasteiger partial charge on any atom is -0.334 e. The van der Waals surface area contributed by atoms with Crippen molar-refractivity contribution in [2.24, 2.45) is 0 Å². The molecule has 0 fully saturated rings. The molecule has 0 spiro atoms. The molecule has 0 radical (unpaired) electrons. The standard InChI is InChI=1S/C22H20N2O2/c25-19(13-12-17-11-10-16-6-4-5-9-20(16)17)14-15-21-23-22(26-24-21)18-7-2-1-3-8-18/h1-9,11H,10,12-15H2. The SMILES string of the molecule is O=C(CCC1=CCc2ccccc21)CCc1noc(-c2ccccc2)n1.